The first-order valence-electron chi connectivity index (χ1n) is 9.38. The highest BCUT2D eigenvalue weighted by Crippen LogP contribution is 2.30. The van der Waals surface area contributed by atoms with Crippen molar-refractivity contribution in [2.75, 3.05) is 18.8 Å². The fourth-order valence-electron chi connectivity index (χ4n) is 3.15. The lowest BCUT2D eigenvalue weighted by Gasteiger charge is -2.13. The molecule has 6 nitrogen and oxygen atoms in total. The van der Waals surface area contributed by atoms with E-state index in [9.17, 15) is 13.4 Å². The monoisotopic (exact) mass is 474 g/mol. The summed E-state index contributed by atoms with van der Waals surface area (Å²) in [6.45, 7) is 0. The summed E-state index contributed by atoms with van der Waals surface area (Å²) in [6, 6.07) is 10.8. The molecule has 0 spiro atoms. The van der Waals surface area contributed by atoms with Crippen molar-refractivity contribution in [1.82, 2.24) is 14.3 Å². The molecule has 164 valence electrons. The number of hydrogen-bond acceptors (Lipinski definition) is 3. The fourth-order valence-corrected chi connectivity index (χ4v) is 3.81. The number of benzene rings is 2. The van der Waals surface area contributed by atoms with Crippen molar-refractivity contribution < 1.29 is 17.8 Å². The van der Waals surface area contributed by atoms with Gasteiger partial charge in [-0.05, 0) is 35.9 Å². The molecule has 0 saturated carbocycles. The van der Waals surface area contributed by atoms with Gasteiger partial charge in [-0.2, -0.15) is 0 Å². The number of rotatable bonds is 6. The molecule has 4 aromatic rings. The molecule has 1 atom stereocenters. The largest absolute Gasteiger partial charge is 0.345 e. The number of fused-ring (bicyclic) bond motifs is 1. The number of aromatic nitrogens is 2. The summed E-state index contributed by atoms with van der Waals surface area (Å²) in [5, 5.41) is 0.992. The molecule has 32 heavy (non-hydrogen) atoms. The first-order valence-corrected chi connectivity index (χ1v) is 10.9. The van der Waals surface area contributed by atoms with E-state index in [4.69, 9.17) is 11.6 Å². The van der Waals surface area contributed by atoms with Crippen LogP contribution in [-0.2, 0) is 11.2 Å². The lowest BCUT2D eigenvalue weighted by atomic mass is 10.00. The van der Waals surface area contributed by atoms with Crippen molar-refractivity contribution in [2.24, 2.45) is 0 Å². The maximum absolute atomic E-state index is 15.1. The maximum Gasteiger partial charge on any atom is 0.201 e. The van der Waals surface area contributed by atoms with Crippen molar-refractivity contribution in [3.63, 3.8) is 0 Å². The van der Waals surface area contributed by atoms with Gasteiger partial charge >= 0.3 is 0 Å². The number of H-pyrrole nitrogens is 1. The van der Waals surface area contributed by atoms with Gasteiger partial charge in [0.25, 0.3) is 0 Å². The summed E-state index contributed by atoms with van der Waals surface area (Å²) in [6.07, 6.45) is 2.99. The SMILES string of the molecule is CN(C)S(=O)Nc1ccc(F)c(C(=O)c2c[nH]c3ncc(-c4ccc(Cl)cc4)cc23)c1F. The number of nitrogens with one attached hydrogen (secondary N) is 2. The summed E-state index contributed by atoms with van der Waals surface area (Å²) < 4.78 is 45.3. The Morgan fingerprint density at radius 2 is 1.84 bits per heavy atom. The zero-order chi connectivity index (χ0) is 23.0. The van der Waals surface area contributed by atoms with E-state index in [-0.39, 0.29) is 11.3 Å². The third-order valence-electron chi connectivity index (χ3n) is 4.80. The van der Waals surface area contributed by atoms with Crippen LogP contribution in [0.4, 0.5) is 14.5 Å². The highest BCUT2D eigenvalue weighted by Gasteiger charge is 2.25. The molecule has 2 aromatic carbocycles. The highest BCUT2D eigenvalue weighted by atomic mass is 35.5. The molecule has 0 radical (unpaired) electrons. The zero-order valence-corrected chi connectivity index (χ0v) is 18.5. The van der Waals surface area contributed by atoms with Gasteiger partial charge in [0.2, 0.25) is 5.78 Å². The minimum Gasteiger partial charge on any atom is -0.345 e. The number of carbonyl (C=O) groups excluding carboxylic acids is 1. The third kappa shape index (κ3) is 4.14. The molecule has 0 aliphatic heterocycles. The summed E-state index contributed by atoms with van der Waals surface area (Å²) in [5.74, 6) is -3.01. The molecule has 0 aliphatic carbocycles. The molecule has 10 heteroatoms. The summed E-state index contributed by atoms with van der Waals surface area (Å²) in [4.78, 5) is 20.3. The predicted molar refractivity (Wildman–Crippen MR) is 122 cm³/mol. The van der Waals surface area contributed by atoms with Gasteiger partial charge in [0.1, 0.15) is 11.5 Å². The number of nitrogens with zero attached hydrogens (tertiary/aromatic N) is 2. The van der Waals surface area contributed by atoms with E-state index < -0.39 is 34.2 Å². The lowest BCUT2D eigenvalue weighted by molar-refractivity contribution is 0.103. The molecule has 0 aliphatic rings. The molecule has 2 heterocycles. The number of ketones is 1. The van der Waals surface area contributed by atoms with Gasteiger partial charge in [0.05, 0.1) is 11.3 Å². The number of aromatic amines is 1. The van der Waals surface area contributed by atoms with Crippen LogP contribution < -0.4 is 4.72 Å². The van der Waals surface area contributed by atoms with Crippen LogP contribution in [0.3, 0.4) is 0 Å². The number of hydrogen-bond donors (Lipinski definition) is 2. The molecule has 2 aromatic heterocycles. The van der Waals surface area contributed by atoms with Gasteiger partial charge in [-0.3, -0.25) is 9.52 Å². The Morgan fingerprint density at radius 1 is 1.12 bits per heavy atom. The van der Waals surface area contributed by atoms with Gasteiger partial charge in [-0.15, -0.1) is 0 Å². The third-order valence-corrected chi connectivity index (χ3v) is 6.11. The molecule has 0 amide bonds. The molecule has 1 unspecified atom stereocenters. The fraction of sp³-hybridized carbons (Fsp3) is 0.0909. The van der Waals surface area contributed by atoms with Crippen LogP contribution in [0.2, 0.25) is 5.02 Å². The number of halogens is 3. The van der Waals surface area contributed by atoms with E-state index in [0.29, 0.717) is 21.6 Å². The van der Waals surface area contributed by atoms with Crippen molar-refractivity contribution in [3.8, 4) is 11.1 Å². The van der Waals surface area contributed by atoms with Gasteiger partial charge in [0.15, 0.2) is 17.0 Å². The Morgan fingerprint density at radius 3 is 2.53 bits per heavy atom. The molecule has 2 N–H and O–H groups in total. The van der Waals surface area contributed by atoms with Crippen LogP contribution in [0.15, 0.2) is 54.9 Å². The van der Waals surface area contributed by atoms with E-state index >= 15 is 4.39 Å². The van der Waals surface area contributed by atoms with E-state index in [1.807, 2.05) is 0 Å². The summed E-state index contributed by atoms with van der Waals surface area (Å²) in [7, 11) is 3.04. The maximum atomic E-state index is 15.1. The van der Waals surface area contributed by atoms with E-state index in [1.165, 1.54) is 24.6 Å². The lowest BCUT2D eigenvalue weighted by Crippen LogP contribution is -2.23. The van der Waals surface area contributed by atoms with Crippen LogP contribution in [0.5, 0.6) is 0 Å². The summed E-state index contributed by atoms with van der Waals surface area (Å²) in [5.41, 5.74) is 0.991. The van der Waals surface area contributed by atoms with Crippen LogP contribution in [0.1, 0.15) is 15.9 Å². The zero-order valence-electron chi connectivity index (χ0n) is 16.9. The molecular formula is C22H17ClF2N4O2S. The first-order chi connectivity index (χ1) is 15.3. The quantitative estimate of drug-likeness (QED) is 0.388. The molecule has 0 fully saturated rings. The van der Waals surface area contributed by atoms with E-state index in [2.05, 4.69) is 14.7 Å². The van der Waals surface area contributed by atoms with Crippen LogP contribution in [0.25, 0.3) is 22.2 Å². The number of pyridine rings is 1. The Bertz CT molecular complexity index is 1360. The van der Waals surface area contributed by atoms with Crippen LogP contribution in [0, 0.1) is 11.6 Å². The second kappa shape index (κ2) is 8.78. The Kier molecular flexibility index (Phi) is 6.05. The predicted octanol–water partition coefficient (Wildman–Crippen LogP) is 4.94. The molecule has 0 saturated heterocycles. The van der Waals surface area contributed by atoms with E-state index in [1.54, 1.807) is 36.5 Å². The second-order valence-electron chi connectivity index (χ2n) is 7.11. The van der Waals surface area contributed by atoms with Crippen LogP contribution >= 0.6 is 11.6 Å². The van der Waals surface area contributed by atoms with Crippen molar-refractivity contribution in [1.29, 1.82) is 0 Å². The molecule has 0 bridgehead atoms. The minimum absolute atomic E-state index is 0.0620. The second-order valence-corrected chi connectivity index (χ2v) is 8.98. The average molecular weight is 475 g/mol. The van der Waals surface area contributed by atoms with Crippen molar-refractivity contribution >= 4 is 45.3 Å². The summed E-state index contributed by atoms with van der Waals surface area (Å²) >= 11 is 4.18. The standard InChI is InChI=1S/C22H17ClF2N4O2S/c1-29(2)32(31)28-18-8-7-17(24)19(20(18)25)21(30)16-11-27-22-15(16)9-13(10-26-22)12-3-5-14(23)6-4-12/h3-11,28H,1-2H3,(H,26,27). The molecular weight excluding hydrogens is 458 g/mol. The van der Waals surface area contributed by atoms with Gasteiger partial charge in [0, 0.05) is 48.0 Å². The Hall–Kier alpha value is -3.14. The Labute approximate surface area is 190 Å². The average Bonchev–Trinajstić information content (AvgIpc) is 3.19. The normalized spacial score (nSPS) is 12.3. The van der Waals surface area contributed by atoms with E-state index in [0.717, 1.165) is 17.7 Å². The minimum atomic E-state index is -1.76. The van der Waals surface area contributed by atoms with Crippen molar-refractivity contribution in [3.05, 3.63) is 82.6 Å². The van der Waals surface area contributed by atoms with Crippen molar-refractivity contribution in [2.45, 2.75) is 0 Å². The van der Waals surface area contributed by atoms with Gasteiger partial charge in [-0.1, -0.05) is 23.7 Å². The van der Waals surface area contributed by atoms with Crippen LogP contribution in [-0.4, -0.2) is 38.4 Å². The van der Waals surface area contributed by atoms with Gasteiger partial charge < -0.3 is 4.98 Å². The number of carbonyl (C=O) groups is 1. The highest BCUT2D eigenvalue weighted by molar-refractivity contribution is 7.83. The van der Waals surface area contributed by atoms with Gasteiger partial charge in [-0.25, -0.2) is 22.3 Å². The Balaban J connectivity index is 1.78. The smallest absolute Gasteiger partial charge is 0.201 e. The molecule has 4 rings (SSSR count). The topological polar surface area (TPSA) is 78.1 Å². The first kappa shape index (κ1) is 22.1. The number of anilines is 1.